The van der Waals surface area contributed by atoms with Crippen molar-refractivity contribution < 1.29 is 4.79 Å². The Morgan fingerprint density at radius 2 is 1.95 bits per heavy atom. The van der Waals surface area contributed by atoms with E-state index in [1.807, 2.05) is 29.2 Å². The quantitative estimate of drug-likeness (QED) is 0.924. The van der Waals surface area contributed by atoms with E-state index >= 15 is 0 Å². The van der Waals surface area contributed by atoms with Crippen LogP contribution in [0.1, 0.15) is 18.4 Å². The van der Waals surface area contributed by atoms with E-state index < -0.39 is 0 Å². The number of carbonyl (C=O) groups excluding carboxylic acids is 1. The molecule has 1 heterocycles. The van der Waals surface area contributed by atoms with Crippen LogP contribution in [-0.2, 0) is 4.79 Å². The van der Waals surface area contributed by atoms with E-state index in [2.05, 4.69) is 12.2 Å². The number of piperidine rings is 1. The Morgan fingerprint density at radius 1 is 1.32 bits per heavy atom. The molecule has 0 aliphatic carbocycles. The van der Waals surface area contributed by atoms with E-state index in [1.165, 1.54) is 0 Å². The lowest BCUT2D eigenvalue weighted by atomic mass is 9.95. The van der Waals surface area contributed by atoms with Gasteiger partial charge >= 0.3 is 0 Å². The van der Waals surface area contributed by atoms with Crippen molar-refractivity contribution in [1.82, 2.24) is 4.90 Å². The molecule has 1 saturated heterocycles. The van der Waals surface area contributed by atoms with E-state index in [0.29, 0.717) is 5.92 Å². The van der Waals surface area contributed by atoms with Crippen LogP contribution in [0.5, 0.6) is 0 Å². The van der Waals surface area contributed by atoms with Crippen LogP contribution in [0.25, 0.3) is 6.08 Å². The van der Waals surface area contributed by atoms with Gasteiger partial charge in [-0.1, -0.05) is 35.9 Å². The minimum absolute atomic E-state index is 0.0557. The van der Waals surface area contributed by atoms with Gasteiger partial charge in [-0.05, 0) is 36.5 Å². The number of carbonyl (C=O) groups is 1. The summed E-state index contributed by atoms with van der Waals surface area (Å²) in [6.07, 6.45) is 6.38. The average molecular weight is 279 g/mol. The van der Waals surface area contributed by atoms with Gasteiger partial charge in [0.15, 0.2) is 0 Å². The summed E-state index contributed by atoms with van der Waals surface area (Å²) in [5.74, 6) is 0.595. The first kappa shape index (κ1) is 14.1. The summed E-state index contributed by atoms with van der Waals surface area (Å²) in [5.41, 5.74) is 6.53. The molecular weight excluding hydrogens is 260 g/mol. The van der Waals surface area contributed by atoms with Crippen LogP contribution >= 0.6 is 11.6 Å². The molecule has 2 N–H and O–H groups in total. The molecule has 2 rings (SSSR count). The summed E-state index contributed by atoms with van der Waals surface area (Å²) >= 11 is 5.85. The molecule has 1 fully saturated rings. The van der Waals surface area contributed by atoms with Gasteiger partial charge in [0.2, 0.25) is 5.91 Å². The standard InChI is InChI=1S/C15H19ClN2O/c16-14-5-3-12(4-6-14)1-2-13-7-9-18(10-8-13)15(19)11-17/h1-6,13H,7-11,17H2/b2-1+. The van der Waals surface area contributed by atoms with Gasteiger partial charge in [-0.25, -0.2) is 0 Å². The fourth-order valence-electron chi connectivity index (χ4n) is 2.29. The van der Waals surface area contributed by atoms with Gasteiger partial charge in [0.1, 0.15) is 0 Å². The van der Waals surface area contributed by atoms with E-state index in [1.54, 1.807) is 0 Å². The van der Waals surface area contributed by atoms with Crippen molar-refractivity contribution in [2.45, 2.75) is 12.8 Å². The highest BCUT2D eigenvalue weighted by Gasteiger charge is 2.19. The Labute approximate surface area is 119 Å². The molecule has 0 bridgehead atoms. The second-order valence-corrected chi connectivity index (χ2v) is 5.27. The Hall–Kier alpha value is -1.32. The van der Waals surface area contributed by atoms with E-state index in [0.717, 1.165) is 36.5 Å². The van der Waals surface area contributed by atoms with Crippen molar-refractivity contribution in [3.63, 3.8) is 0 Å². The van der Waals surface area contributed by atoms with Crippen LogP contribution in [0.15, 0.2) is 30.3 Å². The highest BCUT2D eigenvalue weighted by atomic mass is 35.5. The molecule has 0 radical (unpaired) electrons. The van der Waals surface area contributed by atoms with Crippen molar-refractivity contribution in [1.29, 1.82) is 0 Å². The van der Waals surface area contributed by atoms with Crippen LogP contribution in [-0.4, -0.2) is 30.4 Å². The summed E-state index contributed by atoms with van der Waals surface area (Å²) < 4.78 is 0. The number of hydrogen-bond donors (Lipinski definition) is 1. The third-order valence-corrected chi connectivity index (χ3v) is 3.75. The SMILES string of the molecule is NCC(=O)N1CCC(/C=C/c2ccc(Cl)cc2)CC1. The van der Waals surface area contributed by atoms with Crippen LogP contribution in [0.3, 0.4) is 0 Å². The summed E-state index contributed by atoms with van der Waals surface area (Å²) in [6.45, 7) is 1.74. The molecule has 1 aliphatic rings. The third kappa shape index (κ3) is 4.08. The van der Waals surface area contributed by atoms with Crippen LogP contribution in [0.2, 0.25) is 5.02 Å². The first-order valence-electron chi connectivity index (χ1n) is 6.60. The molecule has 0 aromatic heterocycles. The minimum atomic E-state index is 0.0557. The van der Waals surface area contributed by atoms with Gasteiger partial charge in [0.05, 0.1) is 6.54 Å². The number of hydrogen-bond acceptors (Lipinski definition) is 2. The maximum atomic E-state index is 11.5. The summed E-state index contributed by atoms with van der Waals surface area (Å²) in [5, 5.41) is 0.755. The molecule has 1 aromatic rings. The van der Waals surface area contributed by atoms with Crippen LogP contribution < -0.4 is 5.73 Å². The molecule has 19 heavy (non-hydrogen) atoms. The van der Waals surface area contributed by atoms with Crippen molar-refractivity contribution in [3.8, 4) is 0 Å². The fraction of sp³-hybridized carbons (Fsp3) is 0.400. The van der Waals surface area contributed by atoms with Crippen LogP contribution in [0, 0.1) is 5.92 Å². The highest BCUT2D eigenvalue weighted by Crippen LogP contribution is 2.20. The molecular formula is C15H19ClN2O. The maximum absolute atomic E-state index is 11.5. The predicted molar refractivity (Wildman–Crippen MR) is 78.8 cm³/mol. The third-order valence-electron chi connectivity index (χ3n) is 3.50. The minimum Gasteiger partial charge on any atom is -0.342 e. The molecule has 0 spiro atoms. The van der Waals surface area contributed by atoms with Gasteiger partial charge in [-0.3, -0.25) is 4.79 Å². The van der Waals surface area contributed by atoms with Crippen molar-refractivity contribution >= 4 is 23.6 Å². The summed E-state index contributed by atoms with van der Waals surface area (Å²) in [7, 11) is 0. The molecule has 0 atom stereocenters. The fourth-order valence-corrected chi connectivity index (χ4v) is 2.42. The summed E-state index contributed by atoms with van der Waals surface area (Å²) in [4.78, 5) is 13.3. The second-order valence-electron chi connectivity index (χ2n) is 4.83. The Bertz CT molecular complexity index is 448. The number of halogens is 1. The zero-order chi connectivity index (χ0) is 13.7. The van der Waals surface area contributed by atoms with Gasteiger partial charge in [-0.15, -0.1) is 0 Å². The lowest BCUT2D eigenvalue weighted by molar-refractivity contribution is -0.130. The smallest absolute Gasteiger partial charge is 0.236 e. The first-order chi connectivity index (χ1) is 9.19. The van der Waals surface area contributed by atoms with Crippen molar-refractivity contribution in [2.75, 3.05) is 19.6 Å². The van der Waals surface area contributed by atoms with E-state index in [9.17, 15) is 4.79 Å². The van der Waals surface area contributed by atoms with Crippen LogP contribution in [0.4, 0.5) is 0 Å². The number of nitrogens with two attached hydrogens (primary N) is 1. The second kappa shape index (κ2) is 6.73. The van der Waals surface area contributed by atoms with Gasteiger partial charge in [-0.2, -0.15) is 0 Å². The molecule has 3 nitrogen and oxygen atoms in total. The molecule has 1 amide bonds. The lowest BCUT2D eigenvalue weighted by Crippen LogP contribution is -2.41. The predicted octanol–water partition coefficient (Wildman–Crippen LogP) is 2.55. The average Bonchev–Trinajstić information content (AvgIpc) is 2.46. The zero-order valence-corrected chi connectivity index (χ0v) is 11.6. The number of benzene rings is 1. The summed E-state index contributed by atoms with van der Waals surface area (Å²) in [6, 6.07) is 7.80. The Morgan fingerprint density at radius 3 is 2.53 bits per heavy atom. The number of amides is 1. The zero-order valence-electron chi connectivity index (χ0n) is 10.9. The number of likely N-dealkylation sites (tertiary alicyclic amines) is 1. The van der Waals surface area contributed by atoms with Crippen molar-refractivity contribution in [2.24, 2.45) is 11.7 Å². The molecule has 0 unspecified atom stereocenters. The largest absolute Gasteiger partial charge is 0.342 e. The van der Waals surface area contributed by atoms with Gasteiger partial charge < -0.3 is 10.6 Å². The first-order valence-corrected chi connectivity index (χ1v) is 6.98. The molecule has 4 heteroatoms. The molecule has 0 saturated carbocycles. The maximum Gasteiger partial charge on any atom is 0.236 e. The van der Waals surface area contributed by atoms with Crippen molar-refractivity contribution in [3.05, 3.63) is 40.9 Å². The van der Waals surface area contributed by atoms with Gasteiger partial charge in [0, 0.05) is 18.1 Å². The Balaban J connectivity index is 1.85. The van der Waals surface area contributed by atoms with E-state index in [4.69, 9.17) is 17.3 Å². The van der Waals surface area contributed by atoms with Gasteiger partial charge in [0.25, 0.3) is 0 Å². The molecule has 102 valence electrons. The number of nitrogens with zero attached hydrogens (tertiary/aromatic N) is 1. The lowest BCUT2D eigenvalue weighted by Gasteiger charge is -2.30. The number of allylic oxidation sites excluding steroid dienone is 1. The van der Waals surface area contributed by atoms with E-state index in [-0.39, 0.29) is 12.5 Å². The molecule has 1 aliphatic heterocycles. The Kier molecular flexibility index (Phi) is 5.00. The monoisotopic (exact) mass is 278 g/mol. The molecule has 1 aromatic carbocycles. The number of rotatable bonds is 3. The highest BCUT2D eigenvalue weighted by molar-refractivity contribution is 6.30. The normalized spacial score (nSPS) is 17.1. The topological polar surface area (TPSA) is 46.3 Å².